The Hall–Kier alpha value is -2.75. The second-order valence-corrected chi connectivity index (χ2v) is 4.98. The van der Waals surface area contributed by atoms with Gasteiger partial charge in [-0.1, -0.05) is 6.07 Å². The lowest BCUT2D eigenvalue weighted by Gasteiger charge is -1.97. The van der Waals surface area contributed by atoms with Gasteiger partial charge in [0, 0.05) is 13.2 Å². The molecule has 0 spiro atoms. The Morgan fingerprint density at radius 1 is 1.38 bits per heavy atom. The van der Waals surface area contributed by atoms with E-state index in [2.05, 4.69) is 25.1 Å². The third kappa shape index (κ3) is 2.60. The van der Waals surface area contributed by atoms with Crippen molar-refractivity contribution in [3.63, 3.8) is 0 Å². The van der Waals surface area contributed by atoms with Crippen molar-refractivity contribution in [3.8, 4) is 11.5 Å². The van der Waals surface area contributed by atoms with Crippen molar-refractivity contribution >= 4 is 17.6 Å². The van der Waals surface area contributed by atoms with Crippen molar-refractivity contribution in [2.75, 3.05) is 0 Å². The maximum absolute atomic E-state index is 10.9. The molecule has 10 heteroatoms. The molecule has 3 heterocycles. The molecule has 0 saturated carbocycles. The Bertz CT molecular complexity index is 783. The first-order valence-corrected chi connectivity index (χ1v) is 6.64. The van der Waals surface area contributed by atoms with Gasteiger partial charge in [-0.3, -0.25) is 10.1 Å². The van der Waals surface area contributed by atoms with Gasteiger partial charge < -0.3 is 14.7 Å². The number of H-pyrrole nitrogens is 1. The zero-order valence-electron chi connectivity index (χ0n) is 10.8. The van der Waals surface area contributed by atoms with E-state index in [4.69, 9.17) is 0 Å². The molecule has 0 fully saturated rings. The van der Waals surface area contributed by atoms with Crippen LogP contribution in [0.5, 0.6) is 0 Å². The van der Waals surface area contributed by atoms with E-state index in [0.29, 0.717) is 21.7 Å². The lowest BCUT2D eigenvalue weighted by atomic mass is 10.3. The van der Waals surface area contributed by atoms with Gasteiger partial charge in [0.1, 0.15) is 5.69 Å². The number of nitrogens with zero attached hydrogens (tertiary/aromatic N) is 6. The maximum Gasteiger partial charge on any atom is 0.396 e. The fourth-order valence-electron chi connectivity index (χ4n) is 1.65. The van der Waals surface area contributed by atoms with Crippen molar-refractivity contribution < 1.29 is 4.92 Å². The minimum absolute atomic E-state index is 0.216. The van der Waals surface area contributed by atoms with Crippen molar-refractivity contribution in [3.05, 3.63) is 40.8 Å². The van der Waals surface area contributed by atoms with Crippen LogP contribution in [0.25, 0.3) is 11.5 Å². The molecule has 106 valence electrons. The van der Waals surface area contributed by atoms with E-state index >= 15 is 0 Å². The summed E-state index contributed by atoms with van der Waals surface area (Å²) in [6.45, 7) is 0. The smallest absolute Gasteiger partial charge is 0.358 e. The summed E-state index contributed by atoms with van der Waals surface area (Å²) in [5.41, 5.74) is 0.649. The topological polar surface area (TPSA) is 115 Å². The molecule has 0 aliphatic rings. The largest absolute Gasteiger partial charge is 0.396 e. The zero-order valence-corrected chi connectivity index (χ0v) is 11.6. The number of nitro groups is 1. The van der Waals surface area contributed by atoms with Crippen molar-refractivity contribution in [1.82, 2.24) is 29.7 Å². The Morgan fingerprint density at radius 3 is 2.95 bits per heavy atom. The van der Waals surface area contributed by atoms with E-state index in [1.54, 1.807) is 29.9 Å². The summed E-state index contributed by atoms with van der Waals surface area (Å²) in [5, 5.41) is 18.4. The molecule has 0 bridgehead atoms. The predicted octanol–water partition coefficient (Wildman–Crippen LogP) is 1.66. The number of imidazole rings is 1. The highest BCUT2D eigenvalue weighted by molar-refractivity contribution is 7.99. The van der Waals surface area contributed by atoms with E-state index in [0.717, 1.165) is 11.8 Å². The van der Waals surface area contributed by atoms with E-state index in [1.165, 1.54) is 6.33 Å². The van der Waals surface area contributed by atoms with Crippen LogP contribution in [0.2, 0.25) is 0 Å². The number of rotatable bonds is 4. The number of pyridine rings is 1. The summed E-state index contributed by atoms with van der Waals surface area (Å²) < 4.78 is 1.56. The molecule has 0 saturated heterocycles. The molecular formula is C11H9N7O2S. The average Bonchev–Trinajstić information content (AvgIpc) is 3.08. The first kappa shape index (κ1) is 13.2. The van der Waals surface area contributed by atoms with Crippen LogP contribution in [-0.4, -0.2) is 34.6 Å². The van der Waals surface area contributed by atoms with Gasteiger partial charge in [0.05, 0.1) is 0 Å². The number of hydrogen-bond acceptors (Lipinski definition) is 7. The highest BCUT2D eigenvalue weighted by Gasteiger charge is 2.22. The van der Waals surface area contributed by atoms with E-state index < -0.39 is 4.92 Å². The molecule has 0 amide bonds. The van der Waals surface area contributed by atoms with E-state index in [1.807, 2.05) is 6.07 Å². The van der Waals surface area contributed by atoms with Gasteiger partial charge in [0.25, 0.3) is 0 Å². The van der Waals surface area contributed by atoms with Gasteiger partial charge in [0.15, 0.2) is 10.9 Å². The van der Waals surface area contributed by atoms with Gasteiger partial charge in [0.2, 0.25) is 11.5 Å². The molecule has 1 N–H and O–H groups in total. The van der Waals surface area contributed by atoms with Crippen LogP contribution >= 0.6 is 11.8 Å². The van der Waals surface area contributed by atoms with Gasteiger partial charge in [-0.2, -0.15) is 4.98 Å². The molecule has 0 aromatic carbocycles. The Kier molecular flexibility index (Phi) is 3.36. The summed E-state index contributed by atoms with van der Waals surface area (Å²) in [6.07, 6.45) is 3.03. The fourth-order valence-corrected chi connectivity index (χ4v) is 2.46. The van der Waals surface area contributed by atoms with Crippen molar-refractivity contribution in [2.24, 2.45) is 7.05 Å². The molecule has 0 aliphatic heterocycles. The summed E-state index contributed by atoms with van der Waals surface area (Å²) in [6, 6.07) is 5.43. The summed E-state index contributed by atoms with van der Waals surface area (Å²) in [4.78, 5) is 22.5. The molecule has 3 rings (SSSR count). The van der Waals surface area contributed by atoms with Crippen LogP contribution in [0, 0.1) is 10.1 Å². The first-order valence-electron chi connectivity index (χ1n) is 5.82. The number of aromatic nitrogens is 6. The van der Waals surface area contributed by atoms with E-state index in [-0.39, 0.29) is 5.82 Å². The van der Waals surface area contributed by atoms with Crippen LogP contribution in [0.3, 0.4) is 0 Å². The Morgan fingerprint density at radius 2 is 2.24 bits per heavy atom. The molecule has 0 aliphatic carbocycles. The minimum Gasteiger partial charge on any atom is -0.358 e. The molecule has 21 heavy (non-hydrogen) atoms. The second-order valence-electron chi connectivity index (χ2n) is 4.02. The summed E-state index contributed by atoms with van der Waals surface area (Å²) in [5.74, 6) is 0.287. The van der Waals surface area contributed by atoms with Crippen LogP contribution in [0.15, 0.2) is 40.9 Å². The molecule has 9 nitrogen and oxygen atoms in total. The van der Waals surface area contributed by atoms with Crippen molar-refractivity contribution in [2.45, 2.75) is 10.2 Å². The lowest BCUT2D eigenvalue weighted by molar-refractivity contribution is -0.392. The molecule has 3 aromatic rings. The van der Waals surface area contributed by atoms with Crippen LogP contribution in [0.1, 0.15) is 0 Å². The third-order valence-electron chi connectivity index (χ3n) is 2.60. The van der Waals surface area contributed by atoms with Crippen LogP contribution < -0.4 is 0 Å². The maximum atomic E-state index is 10.9. The predicted molar refractivity (Wildman–Crippen MR) is 73.6 cm³/mol. The van der Waals surface area contributed by atoms with E-state index in [9.17, 15) is 10.1 Å². The summed E-state index contributed by atoms with van der Waals surface area (Å²) in [7, 11) is 1.68. The average molecular weight is 303 g/mol. The minimum atomic E-state index is -0.533. The molecule has 0 unspecified atom stereocenters. The monoisotopic (exact) mass is 303 g/mol. The third-order valence-corrected chi connectivity index (χ3v) is 3.63. The highest BCUT2D eigenvalue weighted by atomic mass is 32.2. The number of hydrogen-bond donors (Lipinski definition) is 1. The Labute approximate surface area is 122 Å². The number of aromatic amines is 1. The van der Waals surface area contributed by atoms with Gasteiger partial charge in [-0.05, 0) is 33.8 Å². The SMILES string of the molecule is Cn1cnc([N+](=O)[O-])c1Sc1n[nH]c(-c2ccccn2)n1. The fraction of sp³-hybridized carbons (Fsp3) is 0.0909. The molecule has 3 aromatic heterocycles. The summed E-state index contributed by atoms with van der Waals surface area (Å²) >= 11 is 1.07. The molecule has 0 atom stereocenters. The number of nitrogens with one attached hydrogen (secondary N) is 1. The standard InChI is InChI=1S/C11H9N7O2S/c1-17-6-13-9(18(19)20)10(17)21-11-14-8(15-16-11)7-4-2-3-5-12-7/h2-6H,1H3,(H,14,15,16). The van der Waals surface area contributed by atoms with Crippen LogP contribution in [0.4, 0.5) is 5.82 Å². The van der Waals surface area contributed by atoms with Crippen molar-refractivity contribution in [1.29, 1.82) is 0 Å². The number of aryl methyl sites for hydroxylation is 1. The zero-order chi connectivity index (χ0) is 14.8. The van der Waals surface area contributed by atoms with Gasteiger partial charge in [-0.15, -0.1) is 5.10 Å². The molecular weight excluding hydrogens is 294 g/mol. The normalized spacial score (nSPS) is 10.7. The quantitative estimate of drug-likeness (QED) is 0.575. The Balaban J connectivity index is 1.89. The molecule has 0 radical (unpaired) electrons. The first-order chi connectivity index (χ1) is 10.1. The lowest BCUT2D eigenvalue weighted by Crippen LogP contribution is -1.93. The van der Waals surface area contributed by atoms with Gasteiger partial charge >= 0.3 is 5.82 Å². The van der Waals surface area contributed by atoms with Gasteiger partial charge in [-0.25, -0.2) is 0 Å². The highest BCUT2D eigenvalue weighted by Crippen LogP contribution is 2.31. The van der Waals surface area contributed by atoms with Crippen LogP contribution in [-0.2, 0) is 7.05 Å². The second kappa shape index (κ2) is 5.32.